The number of aliphatic hydroxyl groups excluding tert-OH is 1. The third-order valence-electron chi connectivity index (χ3n) is 3.58. The van der Waals surface area contributed by atoms with Gasteiger partial charge in [0.25, 0.3) is 5.91 Å². The molecule has 0 spiro atoms. The first-order valence-electron chi connectivity index (χ1n) is 8.11. The number of hydrogen-bond donors (Lipinski definition) is 3. The molecular formula is C19H18ClN3O4. The number of anilines is 2. The van der Waals surface area contributed by atoms with Crippen LogP contribution in [0.3, 0.4) is 0 Å². The van der Waals surface area contributed by atoms with Crippen LogP contribution >= 0.6 is 11.6 Å². The Balaban J connectivity index is 2.03. The number of halogens is 1. The van der Waals surface area contributed by atoms with Crippen molar-refractivity contribution in [2.75, 3.05) is 23.8 Å². The molecule has 8 heteroatoms. The zero-order valence-corrected chi connectivity index (χ0v) is 15.3. The van der Waals surface area contributed by atoms with Crippen LogP contribution in [0.4, 0.5) is 11.4 Å². The van der Waals surface area contributed by atoms with Gasteiger partial charge in [-0.15, -0.1) is 0 Å². The molecule has 0 aliphatic carbocycles. The zero-order valence-electron chi connectivity index (χ0n) is 14.5. The number of nitrogens with zero attached hydrogens (tertiary/aromatic N) is 1. The second-order valence-corrected chi connectivity index (χ2v) is 5.95. The molecule has 2 aromatic rings. The number of benzene rings is 2. The summed E-state index contributed by atoms with van der Waals surface area (Å²) in [7, 11) is 0. The molecule has 0 aliphatic heterocycles. The monoisotopic (exact) mass is 387 g/mol. The van der Waals surface area contributed by atoms with Gasteiger partial charge < -0.3 is 20.5 Å². The molecular weight excluding hydrogens is 370 g/mol. The SMILES string of the molecule is C[C@H](OC(=O)c1ccccc1NCCO)C(=O)Nc1ccc(C#N)c(Cl)c1. The molecule has 0 fully saturated rings. The Bertz CT molecular complexity index is 879. The summed E-state index contributed by atoms with van der Waals surface area (Å²) in [6, 6.07) is 13.0. The van der Waals surface area contributed by atoms with E-state index < -0.39 is 18.0 Å². The summed E-state index contributed by atoms with van der Waals surface area (Å²) in [5.74, 6) is -1.21. The van der Waals surface area contributed by atoms with Crippen molar-refractivity contribution < 1.29 is 19.4 Å². The molecule has 0 aliphatic rings. The van der Waals surface area contributed by atoms with Crippen molar-refractivity contribution in [1.82, 2.24) is 0 Å². The van der Waals surface area contributed by atoms with Gasteiger partial charge in [0.05, 0.1) is 22.8 Å². The summed E-state index contributed by atoms with van der Waals surface area (Å²) >= 11 is 5.93. The maximum atomic E-state index is 12.4. The normalized spacial score (nSPS) is 11.2. The quantitative estimate of drug-likeness (QED) is 0.630. The highest BCUT2D eigenvalue weighted by atomic mass is 35.5. The minimum atomic E-state index is -1.06. The van der Waals surface area contributed by atoms with Crippen LogP contribution in [0.5, 0.6) is 0 Å². The Morgan fingerprint density at radius 2 is 2.04 bits per heavy atom. The van der Waals surface area contributed by atoms with Crippen LogP contribution in [0, 0.1) is 11.3 Å². The van der Waals surface area contributed by atoms with E-state index in [1.54, 1.807) is 24.3 Å². The van der Waals surface area contributed by atoms with Gasteiger partial charge >= 0.3 is 5.97 Å². The van der Waals surface area contributed by atoms with Gasteiger partial charge in [-0.05, 0) is 37.3 Å². The molecule has 1 atom stereocenters. The Morgan fingerprint density at radius 3 is 2.70 bits per heavy atom. The third kappa shape index (κ3) is 5.45. The highest BCUT2D eigenvalue weighted by Gasteiger charge is 2.21. The molecule has 27 heavy (non-hydrogen) atoms. The molecule has 0 bridgehead atoms. The van der Waals surface area contributed by atoms with E-state index in [0.717, 1.165) is 0 Å². The van der Waals surface area contributed by atoms with Crippen LogP contribution in [0.25, 0.3) is 0 Å². The lowest BCUT2D eigenvalue weighted by atomic mass is 10.1. The van der Waals surface area contributed by atoms with Crippen molar-refractivity contribution in [2.45, 2.75) is 13.0 Å². The highest BCUT2D eigenvalue weighted by molar-refractivity contribution is 6.32. The summed E-state index contributed by atoms with van der Waals surface area (Å²) < 4.78 is 5.23. The van der Waals surface area contributed by atoms with Crippen LogP contribution in [-0.2, 0) is 9.53 Å². The molecule has 3 N–H and O–H groups in total. The average Bonchev–Trinajstić information content (AvgIpc) is 2.66. The minimum absolute atomic E-state index is 0.0880. The number of aliphatic hydroxyl groups is 1. The summed E-state index contributed by atoms with van der Waals surface area (Å²) in [5, 5.41) is 23.5. The van der Waals surface area contributed by atoms with Gasteiger partial charge in [-0.25, -0.2) is 4.79 Å². The third-order valence-corrected chi connectivity index (χ3v) is 3.90. The van der Waals surface area contributed by atoms with E-state index in [1.165, 1.54) is 25.1 Å². The van der Waals surface area contributed by atoms with Crippen LogP contribution in [0.2, 0.25) is 5.02 Å². The lowest BCUT2D eigenvalue weighted by molar-refractivity contribution is -0.123. The van der Waals surface area contributed by atoms with E-state index in [2.05, 4.69) is 10.6 Å². The van der Waals surface area contributed by atoms with Crippen molar-refractivity contribution >= 4 is 34.9 Å². The lowest BCUT2D eigenvalue weighted by Crippen LogP contribution is -2.30. The van der Waals surface area contributed by atoms with Gasteiger partial charge in [0.15, 0.2) is 6.10 Å². The van der Waals surface area contributed by atoms with Gasteiger partial charge in [-0.3, -0.25) is 4.79 Å². The van der Waals surface area contributed by atoms with Crippen molar-refractivity contribution in [2.24, 2.45) is 0 Å². The molecule has 0 saturated heterocycles. The zero-order chi connectivity index (χ0) is 19.8. The van der Waals surface area contributed by atoms with Crippen LogP contribution in [-0.4, -0.2) is 36.2 Å². The summed E-state index contributed by atoms with van der Waals surface area (Å²) in [6.45, 7) is 1.64. The molecule has 7 nitrogen and oxygen atoms in total. The number of para-hydroxylation sites is 1. The number of carbonyl (C=O) groups excluding carboxylic acids is 2. The van der Waals surface area contributed by atoms with Gasteiger partial charge in [-0.1, -0.05) is 23.7 Å². The van der Waals surface area contributed by atoms with Crippen LogP contribution < -0.4 is 10.6 Å². The summed E-state index contributed by atoms with van der Waals surface area (Å²) in [4.78, 5) is 24.6. The van der Waals surface area contributed by atoms with E-state index in [0.29, 0.717) is 16.9 Å². The van der Waals surface area contributed by atoms with E-state index in [1.807, 2.05) is 6.07 Å². The van der Waals surface area contributed by atoms with Crippen LogP contribution in [0.15, 0.2) is 42.5 Å². The van der Waals surface area contributed by atoms with E-state index in [9.17, 15) is 9.59 Å². The topological polar surface area (TPSA) is 111 Å². The van der Waals surface area contributed by atoms with Gasteiger partial charge in [-0.2, -0.15) is 5.26 Å². The number of carbonyl (C=O) groups is 2. The second kappa shape index (κ2) is 9.57. The molecule has 0 radical (unpaired) electrons. The molecule has 0 heterocycles. The Kier molecular flexibility index (Phi) is 7.17. The maximum absolute atomic E-state index is 12.4. The lowest BCUT2D eigenvalue weighted by Gasteiger charge is -2.15. The Labute approximate surface area is 161 Å². The summed E-state index contributed by atoms with van der Waals surface area (Å²) in [6.07, 6.45) is -1.06. The number of esters is 1. The van der Waals surface area contributed by atoms with E-state index in [4.69, 9.17) is 26.7 Å². The molecule has 0 saturated carbocycles. The molecule has 1 amide bonds. The predicted octanol–water partition coefficient (Wildman–Crippen LogP) is 2.80. The first-order chi connectivity index (χ1) is 13.0. The minimum Gasteiger partial charge on any atom is -0.449 e. The first-order valence-corrected chi connectivity index (χ1v) is 8.49. The number of amides is 1. The fraction of sp³-hybridized carbons (Fsp3) is 0.211. The number of rotatable bonds is 7. The highest BCUT2D eigenvalue weighted by Crippen LogP contribution is 2.21. The van der Waals surface area contributed by atoms with Gasteiger partial charge in [0.1, 0.15) is 6.07 Å². The second-order valence-electron chi connectivity index (χ2n) is 5.54. The Morgan fingerprint density at radius 1 is 1.30 bits per heavy atom. The largest absolute Gasteiger partial charge is 0.449 e. The molecule has 2 rings (SSSR count). The maximum Gasteiger partial charge on any atom is 0.341 e. The van der Waals surface area contributed by atoms with Crippen molar-refractivity contribution in [3.63, 3.8) is 0 Å². The number of nitriles is 1. The predicted molar refractivity (Wildman–Crippen MR) is 102 cm³/mol. The molecule has 0 unspecified atom stereocenters. The first kappa shape index (κ1) is 20.2. The fourth-order valence-electron chi connectivity index (χ4n) is 2.21. The van der Waals surface area contributed by atoms with Crippen LogP contribution in [0.1, 0.15) is 22.8 Å². The average molecular weight is 388 g/mol. The van der Waals surface area contributed by atoms with Gasteiger partial charge in [0, 0.05) is 17.9 Å². The summed E-state index contributed by atoms with van der Waals surface area (Å²) in [5.41, 5.74) is 1.44. The standard InChI is InChI=1S/C19H18ClN3O4/c1-12(18(25)23-14-7-6-13(11-21)16(20)10-14)27-19(26)15-4-2-3-5-17(15)22-8-9-24/h2-7,10,12,22,24H,8-9H2,1H3,(H,23,25)/t12-/m0/s1. The van der Waals surface area contributed by atoms with Crippen molar-refractivity contribution in [3.8, 4) is 6.07 Å². The molecule has 140 valence electrons. The Hall–Kier alpha value is -3.08. The molecule has 0 aromatic heterocycles. The molecule has 2 aromatic carbocycles. The fourth-order valence-corrected chi connectivity index (χ4v) is 2.43. The number of hydrogen-bond acceptors (Lipinski definition) is 6. The van der Waals surface area contributed by atoms with Crippen molar-refractivity contribution in [3.05, 3.63) is 58.6 Å². The number of ether oxygens (including phenoxy) is 1. The van der Waals surface area contributed by atoms with E-state index in [-0.39, 0.29) is 23.7 Å². The smallest absolute Gasteiger partial charge is 0.341 e. The van der Waals surface area contributed by atoms with Crippen molar-refractivity contribution in [1.29, 1.82) is 5.26 Å². The van der Waals surface area contributed by atoms with E-state index >= 15 is 0 Å². The number of nitrogens with one attached hydrogen (secondary N) is 2. The van der Waals surface area contributed by atoms with Gasteiger partial charge in [0.2, 0.25) is 0 Å².